The highest BCUT2D eigenvalue weighted by Gasteiger charge is 2.16. The molecule has 108 valence electrons. The number of nitrogens with one attached hydrogen (secondary N) is 1. The van der Waals surface area contributed by atoms with Crippen LogP contribution in [0.25, 0.3) is 0 Å². The van der Waals surface area contributed by atoms with E-state index < -0.39 is 4.92 Å². The van der Waals surface area contributed by atoms with Crippen LogP contribution in [0.15, 0.2) is 51.4 Å². The molecule has 1 N–H and O–H groups in total. The van der Waals surface area contributed by atoms with Gasteiger partial charge in [-0.25, -0.2) is 0 Å². The van der Waals surface area contributed by atoms with Gasteiger partial charge in [-0.1, -0.05) is 34.1 Å². The van der Waals surface area contributed by atoms with E-state index in [0.717, 1.165) is 8.95 Å². The number of para-hydroxylation sites is 1. The molecule has 2 aromatic carbocycles. The summed E-state index contributed by atoms with van der Waals surface area (Å²) in [5.41, 5.74) is 0.931. The van der Waals surface area contributed by atoms with Gasteiger partial charge in [0.2, 0.25) is 5.91 Å². The first kappa shape index (κ1) is 15.7. The van der Waals surface area contributed by atoms with Crippen LogP contribution in [0.2, 0.25) is 0 Å². The number of carbonyl (C=O) groups excluding carboxylic acids is 1. The molecule has 2 aromatic rings. The normalized spacial score (nSPS) is 10.2. The Hall–Kier alpha value is -1.73. The van der Waals surface area contributed by atoms with Gasteiger partial charge in [0, 0.05) is 20.6 Å². The van der Waals surface area contributed by atoms with E-state index in [0.29, 0.717) is 11.3 Å². The maximum absolute atomic E-state index is 12.1. The Kier molecular flexibility index (Phi) is 5.08. The zero-order valence-corrected chi connectivity index (χ0v) is 13.8. The summed E-state index contributed by atoms with van der Waals surface area (Å²) in [6, 6.07) is 11.6. The third-order valence-electron chi connectivity index (χ3n) is 2.74. The molecule has 5 nitrogen and oxygen atoms in total. The third kappa shape index (κ3) is 4.12. The minimum absolute atomic E-state index is 0.0547. The summed E-state index contributed by atoms with van der Waals surface area (Å²) in [6.45, 7) is 0. The molecular formula is C14H10Br2N2O3. The maximum Gasteiger partial charge on any atom is 0.273 e. The van der Waals surface area contributed by atoms with Crippen LogP contribution in [-0.4, -0.2) is 10.8 Å². The number of carbonyl (C=O) groups is 1. The van der Waals surface area contributed by atoms with Gasteiger partial charge >= 0.3 is 0 Å². The smallest absolute Gasteiger partial charge is 0.273 e. The van der Waals surface area contributed by atoms with E-state index >= 15 is 0 Å². The van der Waals surface area contributed by atoms with E-state index in [1.165, 1.54) is 6.07 Å². The number of nitro groups is 1. The van der Waals surface area contributed by atoms with Crippen molar-refractivity contribution in [3.63, 3.8) is 0 Å². The van der Waals surface area contributed by atoms with Crippen LogP contribution in [0, 0.1) is 10.1 Å². The van der Waals surface area contributed by atoms with Crippen molar-refractivity contribution in [2.75, 3.05) is 5.32 Å². The molecule has 7 heteroatoms. The molecule has 0 aliphatic rings. The Morgan fingerprint density at radius 1 is 1.19 bits per heavy atom. The van der Waals surface area contributed by atoms with Gasteiger partial charge in [-0.3, -0.25) is 14.9 Å². The van der Waals surface area contributed by atoms with E-state index in [4.69, 9.17) is 0 Å². The van der Waals surface area contributed by atoms with Crippen LogP contribution in [0.1, 0.15) is 5.56 Å². The van der Waals surface area contributed by atoms with Crippen molar-refractivity contribution in [1.29, 1.82) is 0 Å². The zero-order chi connectivity index (χ0) is 15.4. The van der Waals surface area contributed by atoms with Crippen LogP contribution >= 0.6 is 31.9 Å². The number of halogens is 2. The van der Waals surface area contributed by atoms with E-state index in [1.54, 1.807) is 30.3 Å². The number of amides is 1. The Bertz CT molecular complexity index is 704. The monoisotopic (exact) mass is 412 g/mol. The standard InChI is InChI=1S/C14H10Br2N2O3/c15-10-5-6-11(16)12(8-10)17-14(19)7-9-3-1-2-4-13(9)18(20)21/h1-6,8H,7H2,(H,17,19). The van der Waals surface area contributed by atoms with Gasteiger partial charge in [-0.15, -0.1) is 0 Å². The Morgan fingerprint density at radius 2 is 1.90 bits per heavy atom. The minimum atomic E-state index is -0.488. The summed E-state index contributed by atoms with van der Waals surface area (Å²) >= 11 is 6.66. The molecule has 0 atom stereocenters. The van der Waals surface area contributed by atoms with Gasteiger partial charge < -0.3 is 5.32 Å². The van der Waals surface area contributed by atoms with Crippen LogP contribution < -0.4 is 5.32 Å². The quantitative estimate of drug-likeness (QED) is 0.599. The molecule has 2 rings (SSSR count). The molecular weight excluding hydrogens is 404 g/mol. The Morgan fingerprint density at radius 3 is 2.62 bits per heavy atom. The molecule has 0 unspecified atom stereocenters. The van der Waals surface area contributed by atoms with Gasteiger partial charge in [0.25, 0.3) is 5.69 Å². The van der Waals surface area contributed by atoms with Crippen LogP contribution in [0.5, 0.6) is 0 Å². The van der Waals surface area contributed by atoms with Crippen LogP contribution in [0.4, 0.5) is 11.4 Å². The van der Waals surface area contributed by atoms with Gasteiger partial charge in [0.05, 0.1) is 17.0 Å². The number of hydrogen-bond donors (Lipinski definition) is 1. The summed E-state index contributed by atoms with van der Waals surface area (Å²) in [4.78, 5) is 22.5. The SMILES string of the molecule is O=C(Cc1ccccc1[N+](=O)[O-])Nc1cc(Br)ccc1Br. The second-order valence-corrected chi connectivity index (χ2v) is 6.00. The first-order valence-corrected chi connectivity index (χ1v) is 7.53. The van der Waals surface area contributed by atoms with E-state index in [-0.39, 0.29) is 18.0 Å². The van der Waals surface area contributed by atoms with Crippen molar-refractivity contribution in [3.8, 4) is 0 Å². The van der Waals surface area contributed by atoms with Crippen molar-refractivity contribution in [2.24, 2.45) is 0 Å². The summed E-state index contributed by atoms with van der Waals surface area (Å²) in [5, 5.41) is 13.6. The lowest BCUT2D eigenvalue weighted by atomic mass is 10.1. The van der Waals surface area contributed by atoms with Crippen LogP contribution in [-0.2, 0) is 11.2 Å². The number of rotatable bonds is 4. The fraction of sp³-hybridized carbons (Fsp3) is 0.0714. The molecule has 0 bridgehead atoms. The largest absolute Gasteiger partial charge is 0.325 e. The van der Waals surface area contributed by atoms with Gasteiger partial charge in [0.1, 0.15) is 0 Å². The van der Waals surface area contributed by atoms with E-state index in [1.807, 2.05) is 6.07 Å². The molecule has 0 spiro atoms. The molecule has 0 saturated heterocycles. The van der Waals surface area contributed by atoms with Gasteiger partial charge in [0.15, 0.2) is 0 Å². The lowest BCUT2D eigenvalue weighted by Crippen LogP contribution is -2.15. The maximum atomic E-state index is 12.1. The molecule has 0 fully saturated rings. The number of nitrogens with zero attached hydrogens (tertiary/aromatic N) is 1. The highest BCUT2D eigenvalue weighted by Crippen LogP contribution is 2.26. The number of anilines is 1. The lowest BCUT2D eigenvalue weighted by Gasteiger charge is -2.08. The average Bonchev–Trinajstić information content (AvgIpc) is 2.43. The van der Waals surface area contributed by atoms with Crippen molar-refractivity contribution < 1.29 is 9.72 Å². The molecule has 0 heterocycles. The first-order chi connectivity index (χ1) is 9.97. The predicted molar refractivity (Wildman–Crippen MR) is 87.3 cm³/mol. The molecule has 0 saturated carbocycles. The first-order valence-electron chi connectivity index (χ1n) is 5.94. The van der Waals surface area contributed by atoms with Crippen molar-refractivity contribution in [3.05, 3.63) is 67.1 Å². The van der Waals surface area contributed by atoms with Gasteiger partial charge in [-0.2, -0.15) is 0 Å². The summed E-state index contributed by atoms with van der Waals surface area (Å²) in [5.74, 6) is -0.317. The summed E-state index contributed by atoms with van der Waals surface area (Å²) in [6.07, 6.45) is -0.0594. The van der Waals surface area contributed by atoms with Crippen molar-refractivity contribution in [2.45, 2.75) is 6.42 Å². The Balaban J connectivity index is 2.16. The van der Waals surface area contributed by atoms with E-state index in [9.17, 15) is 14.9 Å². The average molecular weight is 414 g/mol. The number of hydrogen-bond acceptors (Lipinski definition) is 3. The molecule has 0 aliphatic carbocycles. The van der Waals surface area contributed by atoms with Gasteiger partial charge in [-0.05, 0) is 34.1 Å². The topological polar surface area (TPSA) is 72.2 Å². The number of benzene rings is 2. The van der Waals surface area contributed by atoms with Crippen molar-refractivity contribution >= 4 is 49.1 Å². The third-order valence-corrected chi connectivity index (χ3v) is 3.93. The molecule has 0 aliphatic heterocycles. The summed E-state index contributed by atoms with van der Waals surface area (Å²) < 4.78 is 1.56. The molecule has 21 heavy (non-hydrogen) atoms. The summed E-state index contributed by atoms with van der Waals surface area (Å²) in [7, 11) is 0. The fourth-order valence-corrected chi connectivity index (χ4v) is 2.51. The number of nitro benzene ring substituents is 1. The fourth-order valence-electron chi connectivity index (χ4n) is 1.80. The Labute approximate surface area is 137 Å². The van der Waals surface area contributed by atoms with Crippen molar-refractivity contribution in [1.82, 2.24) is 0 Å². The lowest BCUT2D eigenvalue weighted by molar-refractivity contribution is -0.385. The second-order valence-electron chi connectivity index (χ2n) is 4.23. The van der Waals surface area contributed by atoms with E-state index in [2.05, 4.69) is 37.2 Å². The predicted octanol–water partition coefficient (Wildman–Crippen LogP) is 4.30. The minimum Gasteiger partial charge on any atom is -0.325 e. The zero-order valence-electron chi connectivity index (χ0n) is 10.7. The highest BCUT2D eigenvalue weighted by atomic mass is 79.9. The second kappa shape index (κ2) is 6.82. The molecule has 1 amide bonds. The molecule has 0 radical (unpaired) electrons. The highest BCUT2D eigenvalue weighted by molar-refractivity contribution is 9.11. The molecule has 0 aromatic heterocycles. The van der Waals surface area contributed by atoms with Crippen LogP contribution in [0.3, 0.4) is 0 Å².